The van der Waals surface area contributed by atoms with Gasteiger partial charge in [0.1, 0.15) is 0 Å². The van der Waals surface area contributed by atoms with Crippen LogP contribution in [0.15, 0.2) is 30.3 Å². The molecule has 0 aromatic heterocycles. The second-order valence-electron chi connectivity index (χ2n) is 3.76. The second-order valence-corrected chi connectivity index (χ2v) is 3.76. The molecule has 0 aliphatic heterocycles. The molecular formula is C12H15N. The van der Waals surface area contributed by atoms with E-state index in [1.54, 1.807) is 0 Å². The maximum Gasteiger partial charge on any atom is 0.0232 e. The van der Waals surface area contributed by atoms with Crippen LogP contribution in [-0.4, -0.2) is 6.04 Å². The zero-order valence-electron chi connectivity index (χ0n) is 7.96. The van der Waals surface area contributed by atoms with E-state index in [2.05, 4.69) is 37.3 Å². The zero-order valence-corrected chi connectivity index (χ0v) is 7.96. The third-order valence-corrected chi connectivity index (χ3v) is 2.58. The van der Waals surface area contributed by atoms with Gasteiger partial charge in [0, 0.05) is 6.04 Å². The first-order valence-corrected chi connectivity index (χ1v) is 4.79. The number of hydrogen-bond donors (Lipinski definition) is 1. The van der Waals surface area contributed by atoms with Crippen LogP contribution in [0.3, 0.4) is 0 Å². The molecule has 1 aromatic rings. The van der Waals surface area contributed by atoms with Gasteiger partial charge in [0.25, 0.3) is 0 Å². The number of aryl methyl sites for hydroxylation is 1. The maximum atomic E-state index is 5.82. The molecule has 2 N–H and O–H groups in total. The van der Waals surface area contributed by atoms with Gasteiger partial charge >= 0.3 is 0 Å². The summed E-state index contributed by atoms with van der Waals surface area (Å²) in [5, 5.41) is 0. The summed E-state index contributed by atoms with van der Waals surface area (Å²) in [6.07, 6.45) is 4.41. The highest BCUT2D eigenvalue weighted by molar-refractivity contribution is 5.68. The number of rotatable bonds is 1. The highest BCUT2D eigenvalue weighted by Crippen LogP contribution is 2.26. The lowest BCUT2D eigenvalue weighted by atomic mass is 10.0. The van der Waals surface area contributed by atoms with E-state index in [1.807, 2.05) is 0 Å². The van der Waals surface area contributed by atoms with Crippen LogP contribution in [0.5, 0.6) is 0 Å². The number of allylic oxidation sites excluding steroid dienone is 1. The van der Waals surface area contributed by atoms with Gasteiger partial charge in [0.05, 0.1) is 0 Å². The fourth-order valence-corrected chi connectivity index (χ4v) is 1.76. The predicted molar refractivity (Wildman–Crippen MR) is 56.4 cm³/mol. The van der Waals surface area contributed by atoms with Crippen molar-refractivity contribution in [3.05, 3.63) is 41.5 Å². The molecule has 1 aliphatic rings. The van der Waals surface area contributed by atoms with Crippen LogP contribution < -0.4 is 5.73 Å². The number of benzene rings is 1. The molecule has 2 rings (SSSR count). The fourth-order valence-electron chi connectivity index (χ4n) is 1.76. The van der Waals surface area contributed by atoms with Gasteiger partial charge in [-0.3, -0.25) is 0 Å². The van der Waals surface area contributed by atoms with Gasteiger partial charge in [-0.2, -0.15) is 0 Å². The minimum atomic E-state index is 0.274. The summed E-state index contributed by atoms with van der Waals surface area (Å²) in [6, 6.07) is 8.94. The van der Waals surface area contributed by atoms with Crippen molar-refractivity contribution in [1.82, 2.24) is 0 Å². The Labute approximate surface area is 79.3 Å². The first-order valence-electron chi connectivity index (χ1n) is 4.79. The van der Waals surface area contributed by atoms with Crippen molar-refractivity contribution < 1.29 is 0 Å². The molecule has 0 fully saturated rings. The van der Waals surface area contributed by atoms with Crippen LogP contribution in [0, 0.1) is 6.92 Å². The molecule has 1 aromatic carbocycles. The normalized spacial score (nSPS) is 21.7. The smallest absolute Gasteiger partial charge is 0.0232 e. The molecule has 0 amide bonds. The molecular weight excluding hydrogens is 158 g/mol. The van der Waals surface area contributed by atoms with E-state index >= 15 is 0 Å². The summed E-state index contributed by atoms with van der Waals surface area (Å²) in [6.45, 7) is 2.11. The van der Waals surface area contributed by atoms with Crippen molar-refractivity contribution in [2.45, 2.75) is 25.8 Å². The van der Waals surface area contributed by atoms with Crippen molar-refractivity contribution in [1.29, 1.82) is 0 Å². The molecule has 0 saturated heterocycles. The summed E-state index contributed by atoms with van der Waals surface area (Å²) < 4.78 is 0. The van der Waals surface area contributed by atoms with Crippen LogP contribution in [-0.2, 0) is 0 Å². The van der Waals surface area contributed by atoms with Crippen molar-refractivity contribution in [2.24, 2.45) is 5.73 Å². The largest absolute Gasteiger partial charge is 0.324 e. The molecule has 1 aliphatic carbocycles. The van der Waals surface area contributed by atoms with E-state index in [4.69, 9.17) is 5.73 Å². The lowest BCUT2D eigenvalue weighted by molar-refractivity contribution is 0.782. The Morgan fingerprint density at radius 3 is 2.46 bits per heavy atom. The molecule has 0 saturated carbocycles. The van der Waals surface area contributed by atoms with E-state index < -0.39 is 0 Å². The van der Waals surface area contributed by atoms with Crippen molar-refractivity contribution in [2.75, 3.05) is 0 Å². The minimum absolute atomic E-state index is 0.274. The molecule has 1 atom stereocenters. The number of nitrogens with two attached hydrogens (primary N) is 1. The Kier molecular flexibility index (Phi) is 2.19. The summed E-state index contributed by atoms with van der Waals surface area (Å²) in [5.41, 5.74) is 9.87. The molecule has 0 bridgehead atoms. The summed E-state index contributed by atoms with van der Waals surface area (Å²) in [5.74, 6) is 0. The quantitative estimate of drug-likeness (QED) is 0.693. The lowest BCUT2D eigenvalue weighted by Crippen LogP contribution is -2.11. The first kappa shape index (κ1) is 8.52. The Balaban J connectivity index is 2.26. The fraction of sp³-hybridized carbons (Fsp3) is 0.333. The first-order chi connectivity index (χ1) is 6.25. The summed E-state index contributed by atoms with van der Waals surface area (Å²) in [7, 11) is 0. The highest BCUT2D eigenvalue weighted by atomic mass is 14.6. The lowest BCUT2D eigenvalue weighted by Gasteiger charge is -2.01. The van der Waals surface area contributed by atoms with Crippen LogP contribution >= 0.6 is 0 Å². The Bertz CT molecular complexity index is 321. The Morgan fingerprint density at radius 2 is 1.92 bits per heavy atom. The Hall–Kier alpha value is -1.08. The summed E-state index contributed by atoms with van der Waals surface area (Å²) in [4.78, 5) is 0. The number of hydrogen-bond acceptors (Lipinski definition) is 1. The van der Waals surface area contributed by atoms with Gasteiger partial charge in [-0.1, -0.05) is 35.9 Å². The maximum absolute atomic E-state index is 5.82. The standard InChI is InChI=1S/C12H15N/c1-9-2-4-10(5-3-9)11-6-7-12(13)8-11/h2-5,8,12H,6-7,13H2,1H3. The highest BCUT2D eigenvalue weighted by Gasteiger charge is 2.12. The predicted octanol–water partition coefficient (Wildman–Crippen LogP) is 2.50. The van der Waals surface area contributed by atoms with Crippen LogP contribution in [0.2, 0.25) is 0 Å². The third kappa shape index (κ3) is 1.81. The SMILES string of the molecule is Cc1ccc(C2=CC(N)CC2)cc1. The molecule has 0 spiro atoms. The van der Waals surface area contributed by atoms with E-state index in [9.17, 15) is 0 Å². The molecule has 68 valence electrons. The van der Waals surface area contributed by atoms with E-state index in [0.717, 1.165) is 12.8 Å². The second kappa shape index (κ2) is 3.35. The topological polar surface area (TPSA) is 26.0 Å². The van der Waals surface area contributed by atoms with E-state index in [1.165, 1.54) is 16.7 Å². The van der Waals surface area contributed by atoms with Crippen LogP contribution in [0.25, 0.3) is 5.57 Å². The van der Waals surface area contributed by atoms with Gasteiger partial charge in [-0.25, -0.2) is 0 Å². The summed E-state index contributed by atoms with van der Waals surface area (Å²) >= 11 is 0. The molecule has 1 unspecified atom stereocenters. The molecule has 0 heterocycles. The van der Waals surface area contributed by atoms with Gasteiger partial charge < -0.3 is 5.73 Å². The molecule has 13 heavy (non-hydrogen) atoms. The van der Waals surface area contributed by atoms with Gasteiger partial charge in [-0.05, 0) is 30.9 Å². The monoisotopic (exact) mass is 173 g/mol. The van der Waals surface area contributed by atoms with Crippen molar-refractivity contribution in [3.8, 4) is 0 Å². The third-order valence-electron chi connectivity index (χ3n) is 2.58. The molecule has 0 radical (unpaired) electrons. The van der Waals surface area contributed by atoms with Crippen molar-refractivity contribution >= 4 is 5.57 Å². The minimum Gasteiger partial charge on any atom is -0.324 e. The van der Waals surface area contributed by atoms with Crippen LogP contribution in [0.1, 0.15) is 24.0 Å². The van der Waals surface area contributed by atoms with Gasteiger partial charge in [0.15, 0.2) is 0 Å². The molecule has 1 nitrogen and oxygen atoms in total. The van der Waals surface area contributed by atoms with Gasteiger partial charge in [0.2, 0.25) is 0 Å². The van der Waals surface area contributed by atoms with E-state index in [0.29, 0.717) is 0 Å². The zero-order chi connectivity index (χ0) is 9.26. The average Bonchev–Trinajstić information content (AvgIpc) is 2.53. The van der Waals surface area contributed by atoms with Gasteiger partial charge in [-0.15, -0.1) is 0 Å². The molecule has 1 heteroatoms. The average molecular weight is 173 g/mol. The Morgan fingerprint density at radius 1 is 1.23 bits per heavy atom. The van der Waals surface area contributed by atoms with Crippen molar-refractivity contribution in [3.63, 3.8) is 0 Å². The van der Waals surface area contributed by atoms with E-state index in [-0.39, 0.29) is 6.04 Å². The van der Waals surface area contributed by atoms with Crippen LogP contribution in [0.4, 0.5) is 0 Å².